The number of nitrogens with one attached hydrogen (secondary N) is 1. The van der Waals surface area contributed by atoms with Gasteiger partial charge >= 0.3 is 0 Å². The van der Waals surface area contributed by atoms with Crippen LogP contribution >= 0.6 is 0 Å². The number of nitrogens with zero attached hydrogens (tertiary/aromatic N) is 1. The molecule has 2 atom stereocenters. The molecule has 0 fully saturated rings. The number of benzene rings is 2. The molecule has 2 aromatic carbocycles. The molecule has 1 heterocycles. The lowest BCUT2D eigenvalue weighted by Gasteiger charge is -2.25. The summed E-state index contributed by atoms with van der Waals surface area (Å²) in [6.45, 7) is 2.15. The average molecular weight is 356 g/mol. The fourth-order valence-electron chi connectivity index (χ4n) is 2.72. The van der Waals surface area contributed by atoms with Gasteiger partial charge in [0, 0.05) is 23.5 Å². The Bertz CT molecular complexity index is 883. The second-order valence-corrected chi connectivity index (χ2v) is 5.98. The first-order chi connectivity index (χ1) is 12.5. The number of phenolic OH excluding ortho intramolecular Hbond substituents is 1. The highest BCUT2D eigenvalue weighted by molar-refractivity contribution is 5.66. The van der Waals surface area contributed by atoms with E-state index in [1.165, 1.54) is 6.07 Å². The third kappa shape index (κ3) is 3.63. The molecule has 0 aromatic heterocycles. The van der Waals surface area contributed by atoms with E-state index in [-0.39, 0.29) is 11.7 Å². The minimum atomic E-state index is -1.26. The Labute approximate surface area is 150 Å². The van der Waals surface area contributed by atoms with Gasteiger partial charge in [-0.1, -0.05) is 24.0 Å². The van der Waals surface area contributed by atoms with E-state index in [0.29, 0.717) is 12.1 Å². The van der Waals surface area contributed by atoms with E-state index >= 15 is 0 Å². The second kappa shape index (κ2) is 7.46. The summed E-state index contributed by atoms with van der Waals surface area (Å²) in [7, 11) is 0. The van der Waals surface area contributed by atoms with Crippen molar-refractivity contribution in [2.45, 2.75) is 19.2 Å². The first-order valence-electron chi connectivity index (χ1n) is 8.10. The van der Waals surface area contributed by atoms with Crippen molar-refractivity contribution >= 4 is 0 Å². The zero-order valence-electron chi connectivity index (χ0n) is 14.1. The molecule has 0 saturated heterocycles. The molecule has 26 heavy (non-hydrogen) atoms. The van der Waals surface area contributed by atoms with Crippen molar-refractivity contribution in [3.8, 4) is 28.7 Å². The zero-order valence-corrected chi connectivity index (χ0v) is 14.1. The molecular formula is C20H18F2N2O2. The molecule has 1 aliphatic heterocycles. The van der Waals surface area contributed by atoms with Crippen molar-refractivity contribution in [2.75, 3.05) is 6.54 Å². The van der Waals surface area contributed by atoms with E-state index in [1.807, 2.05) is 11.1 Å². The maximum atomic E-state index is 13.9. The van der Waals surface area contributed by atoms with Gasteiger partial charge in [-0.05, 0) is 36.8 Å². The molecule has 4 nitrogen and oxygen atoms in total. The molecule has 0 saturated carbocycles. The van der Waals surface area contributed by atoms with E-state index < -0.39 is 23.5 Å². The molecular weight excluding hydrogens is 338 g/mol. The number of hydrogen-bond acceptors (Lipinski definition) is 4. The van der Waals surface area contributed by atoms with E-state index in [2.05, 4.69) is 17.2 Å². The number of aromatic hydroxyl groups is 1. The Morgan fingerprint density at radius 1 is 1.15 bits per heavy atom. The normalized spacial score (nSPS) is 16.8. The van der Waals surface area contributed by atoms with Crippen LogP contribution in [-0.2, 0) is 0 Å². The van der Waals surface area contributed by atoms with Gasteiger partial charge in [0.05, 0.1) is 12.6 Å². The van der Waals surface area contributed by atoms with Crippen molar-refractivity contribution in [2.24, 2.45) is 0 Å². The molecule has 0 bridgehead atoms. The molecule has 3 rings (SSSR count). The predicted octanol–water partition coefficient (Wildman–Crippen LogP) is 2.77. The summed E-state index contributed by atoms with van der Waals surface area (Å²) in [5, 5.41) is 21.9. The van der Waals surface area contributed by atoms with Crippen LogP contribution in [0, 0.1) is 23.5 Å². The van der Waals surface area contributed by atoms with Gasteiger partial charge in [-0.25, -0.2) is 4.39 Å². The monoisotopic (exact) mass is 356 g/mol. The third-order valence-corrected chi connectivity index (χ3v) is 4.10. The van der Waals surface area contributed by atoms with Gasteiger partial charge in [0.25, 0.3) is 0 Å². The molecule has 1 aliphatic rings. The van der Waals surface area contributed by atoms with Gasteiger partial charge in [0.2, 0.25) is 5.82 Å². The minimum absolute atomic E-state index is 0.0767. The van der Waals surface area contributed by atoms with Gasteiger partial charge in [0.15, 0.2) is 11.6 Å². The van der Waals surface area contributed by atoms with Crippen LogP contribution in [0.25, 0.3) is 11.1 Å². The van der Waals surface area contributed by atoms with Crippen LogP contribution in [0.4, 0.5) is 8.78 Å². The minimum Gasteiger partial charge on any atom is -0.505 e. The van der Waals surface area contributed by atoms with Gasteiger partial charge in [-0.15, -0.1) is 0 Å². The summed E-state index contributed by atoms with van der Waals surface area (Å²) in [6.07, 6.45) is 2.86. The maximum Gasteiger partial charge on any atom is 0.200 e. The standard InChI is InChI=1S/C20H18F2N2O2/c1-13(25)20-23-10-12-24(20)11-2-3-14-4-6-15(7-5-14)16-8-9-17(26)19(22)18(16)21/h4-10,12-13,20,23,25-26H,11H2,1H3. The van der Waals surface area contributed by atoms with Gasteiger partial charge in [-0.3, -0.25) is 0 Å². The highest BCUT2D eigenvalue weighted by Gasteiger charge is 2.22. The number of halogens is 2. The van der Waals surface area contributed by atoms with Crippen molar-refractivity contribution < 1.29 is 19.0 Å². The Hall–Kier alpha value is -3.04. The number of aliphatic hydroxyl groups excluding tert-OH is 1. The Morgan fingerprint density at radius 2 is 1.88 bits per heavy atom. The van der Waals surface area contributed by atoms with Crippen LogP contribution in [0.15, 0.2) is 48.8 Å². The van der Waals surface area contributed by atoms with Gasteiger partial charge in [-0.2, -0.15) is 4.39 Å². The Balaban J connectivity index is 1.71. The SMILES string of the molecule is CC(O)C1NC=CN1CC#Cc1ccc(-c2ccc(O)c(F)c2F)cc1. The van der Waals surface area contributed by atoms with Crippen LogP contribution in [0.2, 0.25) is 0 Å². The van der Waals surface area contributed by atoms with Crippen molar-refractivity contribution in [1.29, 1.82) is 0 Å². The molecule has 0 spiro atoms. The lowest BCUT2D eigenvalue weighted by molar-refractivity contribution is 0.0928. The smallest absolute Gasteiger partial charge is 0.200 e. The summed E-state index contributed by atoms with van der Waals surface area (Å²) in [5.74, 6) is 2.97. The highest BCUT2D eigenvalue weighted by Crippen LogP contribution is 2.29. The number of rotatable bonds is 3. The van der Waals surface area contributed by atoms with Crippen molar-refractivity contribution in [1.82, 2.24) is 10.2 Å². The van der Waals surface area contributed by atoms with Crippen molar-refractivity contribution in [3.05, 3.63) is 66.0 Å². The third-order valence-electron chi connectivity index (χ3n) is 4.10. The van der Waals surface area contributed by atoms with E-state index in [1.54, 1.807) is 37.4 Å². The zero-order chi connectivity index (χ0) is 18.7. The predicted molar refractivity (Wildman–Crippen MR) is 94.8 cm³/mol. The summed E-state index contributed by atoms with van der Waals surface area (Å²) >= 11 is 0. The molecule has 0 aliphatic carbocycles. The first-order valence-corrected chi connectivity index (χ1v) is 8.10. The molecule has 3 N–H and O–H groups in total. The number of aliphatic hydroxyl groups is 1. The largest absolute Gasteiger partial charge is 0.505 e. The Morgan fingerprint density at radius 3 is 2.58 bits per heavy atom. The molecule has 6 heteroatoms. The van der Waals surface area contributed by atoms with E-state index in [4.69, 9.17) is 0 Å². The molecule has 2 aromatic rings. The maximum absolute atomic E-state index is 13.9. The number of phenols is 1. The molecule has 2 unspecified atom stereocenters. The fourth-order valence-corrected chi connectivity index (χ4v) is 2.72. The van der Waals surface area contributed by atoms with Crippen LogP contribution < -0.4 is 5.32 Å². The topological polar surface area (TPSA) is 55.7 Å². The quantitative estimate of drug-likeness (QED) is 0.741. The highest BCUT2D eigenvalue weighted by atomic mass is 19.2. The molecule has 0 radical (unpaired) electrons. The van der Waals surface area contributed by atoms with Crippen LogP contribution in [-0.4, -0.2) is 33.9 Å². The fraction of sp³-hybridized carbons (Fsp3) is 0.200. The Kier molecular flexibility index (Phi) is 5.10. The summed E-state index contributed by atoms with van der Waals surface area (Å²) < 4.78 is 27.4. The molecule has 0 amide bonds. The average Bonchev–Trinajstić information content (AvgIpc) is 3.10. The van der Waals surface area contributed by atoms with Crippen molar-refractivity contribution in [3.63, 3.8) is 0 Å². The van der Waals surface area contributed by atoms with Crippen LogP contribution in [0.5, 0.6) is 5.75 Å². The van der Waals surface area contributed by atoms with Crippen LogP contribution in [0.1, 0.15) is 12.5 Å². The van der Waals surface area contributed by atoms with E-state index in [0.717, 1.165) is 11.6 Å². The first kappa shape index (κ1) is 17.8. The lowest BCUT2D eigenvalue weighted by atomic mass is 10.0. The summed E-state index contributed by atoms with van der Waals surface area (Å²) in [6, 6.07) is 9.19. The van der Waals surface area contributed by atoms with E-state index in [9.17, 15) is 19.0 Å². The second-order valence-electron chi connectivity index (χ2n) is 5.98. The molecule has 134 valence electrons. The van der Waals surface area contributed by atoms with Gasteiger partial charge < -0.3 is 20.4 Å². The number of hydrogen-bond donors (Lipinski definition) is 3. The van der Waals surface area contributed by atoms with Crippen LogP contribution in [0.3, 0.4) is 0 Å². The van der Waals surface area contributed by atoms with Gasteiger partial charge in [0.1, 0.15) is 6.17 Å². The lowest BCUT2D eigenvalue weighted by Crippen LogP contribution is -2.43. The summed E-state index contributed by atoms with van der Waals surface area (Å²) in [4.78, 5) is 1.89. The summed E-state index contributed by atoms with van der Waals surface area (Å²) in [5.41, 5.74) is 1.30.